The molecule has 0 unspecified atom stereocenters. The fourth-order valence-electron chi connectivity index (χ4n) is 1.33. The van der Waals surface area contributed by atoms with Crippen LogP contribution in [-0.2, 0) is 0 Å². The summed E-state index contributed by atoms with van der Waals surface area (Å²) in [5.41, 5.74) is 0.995. The van der Waals surface area contributed by atoms with Gasteiger partial charge in [0.1, 0.15) is 0 Å². The van der Waals surface area contributed by atoms with Crippen molar-refractivity contribution in [2.45, 2.75) is 0 Å². The molecule has 1 aromatic carbocycles. The Kier molecular flexibility index (Phi) is 1.84. The average Bonchev–Trinajstić information content (AvgIpc) is 2.48. The van der Waals surface area contributed by atoms with Gasteiger partial charge in [0.2, 0.25) is 0 Å². The lowest BCUT2D eigenvalue weighted by Gasteiger charge is -1.98. The minimum Gasteiger partial charge on any atom is -0.478 e. The standard InChI is InChI=1S/C9H6BrNO2/c10-11-5-4-6-2-1-3-7(8(6)11)9(12)13/h1-5H,(H,12,13). The number of hydrogen-bond acceptors (Lipinski definition) is 1. The van der Waals surface area contributed by atoms with Gasteiger partial charge in [0, 0.05) is 11.6 Å². The molecule has 1 aromatic heterocycles. The lowest BCUT2D eigenvalue weighted by atomic mass is 10.1. The van der Waals surface area contributed by atoms with Crippen LogP contribution in [0.1, 0.15) is 10.4 Å². The van der Waals surface area contributed by atoms with Gasteiger partial charge < -0.3 is 5.11 Å². The number of para-hydroxylation sites is 1. The van der Waals surface area contributed by atoms with Gasteiger partial charge in [-0.1, -0.05) is 12.1 Å². The summed E-state index contributed by atoms with van der Waals surface area (Å²) in [6, 6.07) is 7.05. The van der Waals surface area contributed by atoms with Crippen LogP contribution >= 0.6 is 16.1 Å². The molecule has 3 nitrogen and oxygen atoms in total. The lowest BCUT2D eigenvalue weighted by molar-refractivity contribution is 0.0699. The number of carboxylic acid groups (broad SMARTS) is 1. The number of aromatic nitrogens is 1. The molecule has 66 valence electrons. The van der Waals surface area contributed by atoms with Gasteiger partial charge in [-0.05, 0) is 12.1 Å². The summed E-state index contributed by atoms with van der Waals surface area (Å²) in [6.45, 7) is 0. The largest absolute Gasteiger partial charge is 0.478 e. The van der Waals surface area contributed by atoms with Crippen molar-refractivity contribution in [1.29, 1.82) is 0 Å². The van der Waals surface area contributed by atoms with E-state index in [1.54, 1.807) is 21.9 Å². The molecule has 0 aliphatic carbocycles. The highest BCUT2D eigenvalue weighted by Crippen LogP contribution is 2.21. The summed E-state index contributed by atoms with van der Waals surface area (Å²) in [5, 5.41) is 9.81. The van der Waals surface area contributed by atoms with Gasteiger partial charge >= 0.3 is 5.97 Å². The van der Waals surface area contributed by atoms with Crippen LogP contribution in [0.2, 0.25) is 0 Å². The zero-order valence-corrected chi connectivity index (χ0v) is 8.15. The molecule has 0 fully saturated rings. The molecule has 0 bridgehead atoms. The Morgan fingerprint density at radius 2 is 2.15 bits per heavy atom. The number of hydrogen-bond donors (Lipinski definition) is 1. The molecule has 4 heteroatoms. The average molecular weight is 240 g/mol. The predicted octanol–water partition coefficient (Wildman–Crippen LogP) is 2.50. The van der Waals surface area contributed by atoms with Gasteiger partial charge in [-0.25, -0.2) is 4.79 Å². The van der Waals surface area contributed by atoms with Crippen molar-refractivity contribution < 1.29 is 9.90 Å². The van der Waals surface area contributed by atoms with Crippen molar-refractivity contribution in [3.8, 4) is 0 Å². The first-order valence-electron chi connectivity index (χ1n) is 3.69. The summed E-state index contributed by atoms with van der Waals surface area (Å²) in [6.07, 6.45) is 1.77. The van der Waals surface area contributed by atoms with Crippen LogP contribution in [0, 0.1) is 0 Å². The zero-order valence-electron chi connectivity index (χ0n) is 6.57. The summed E-state index contributed by atoms with van der Waals surface area (Å²) < 4.78 is 1.63. The second-order valence-corrected chi connectivity index (χ2v) is 3.44. The first kappa shape index (κ1) is 8.31. The molecule has 1 N–H and O–H groups in total. The molecular weight excluding hydrogens is 234 g/mol. The fraction of sp³-hybridized carbons (Fsp3) is 0. The Morgan fingerprint density at radius 3 is 2.85 bits per heavy atom. The quantitative estimate of drug-likeness (QED) is 0.831. The van der Waals surface area contributed by atoms with E-state index in [9.17, 15) is 4.79 Å². The fourth-order valence-corrected chi connectivity index (χ4v) is 1.84. The number of benzene rings is 1. The highest BCUT2D eigenvalue weighted by atomic mass is 79.9. The summed E-state index contributed by atoms with van der Waals surface area (Å²) >= 11 is 3.24. The smallest absolute Gasteiger partial charge is 0.337 e. The van der Waals surface area contributed by atoms with Crippen molar-refractivity contribution in [2.24, 2.45) is 0 Å². The number of carboxylic acids is 1. The van der Waals surface area contributed by atoms with Crippen LogP contribution < -0.4 is 0 Å². The van der Waals surface area contributed by atoms with Crippen molar-refractivity contribution in [3.05, 3.63) is 36.0 Å². The topological polar surface area (TPSA) is 42.2 Å². The third-order valence-electron chi connectivity index (χ3n) is 1.90. The lowest BCUT2D eigenvalue weighted by Crippen LogP contribution is -1.98. The van der Waals surface area contributed by atoms with E-state index in [1.807, 2.05) is 12.1 Å². The van der Waals surface area contributed by atoms with Crippen LogP contribution in [0.25, 0.3) is 10.9 Å². The molecule has 0 spiro atoms. The number of halogens is 1. The number of aromatic carboxylic acids is 1. The van der Waals surface area contributed by atoms with E-state index in [1.165, 1.54) is 0 Å². The van der Waals surface area contributed by atoms with Crippen LogP contribution in [-0.4, -0.2) is 14.7 Å². The van der Waals surface area contributed by atoms with Crippen molar-refractivity contribution in [1.82, 2.24) is 3.59 Å². The Hall–Kier alpha value is -1.29. The summed E-state index contributed by atoms with van der Waals surface area (Å²) in [7, 11) is 0. The number of carbonyl (C=O) groups is 1. The van der Waals surface area contributed by atoms with Crippen LogP contribution in [0.15, 0.2) is 30.5 Å². The van der Waals surface area contributed by atoms with Gasteiger partial charge in [-0.15, -0.1) is 0 Å². The molecule has 0 radical (unpaired) electrons. The van der Waals surface area contributed by atoms with E-state index in [0.717, 1.165) is 5.39 Å². The SMILES string of the molecule is O=C(O)c1cccc2ccn(Br)c12. The molecule has 0 atom stereocenters. The highest BCUT2D eigenvalue weighted by Gasteiger charge is 2.10. The third kappa shape index (κ3) is 1.23. The first-order valence-corrected chi connectivity index (χ1v) is 4.40. The molecule has 1 heterocycles. The molecular formula is C9H6BrNO2. The monoisotopic (exact) mass is 239 g/mol. The Morgan fingerprint density at radius 1 is 1.38 bits per heavy atom. The molecule has 2 rings (SSSR count). The summed E-state index contributed by atoms with van der Waals surface area (Å²) in [5.74, 6) is -0.912. The second kappa shape index (κ2) is 2.88. The Bertz CT molecular complexity index is 475. The van der Waals surface area contributed by atoms with Gasteiger partial charge in [0.15, 0.2) is 0 Å². The van der Waals surface area contributed by atoms with Crippen molar-refractivity contribution >= 4 is 33.0 Å². The first-order chi connectivity index (χ1) is 6.20. The maximum absolute atomic E-state index is 10.8. The molecule has 0 saturated heterocycles. The molecule has 2 aromatic rings. The van der Waals surface area contributed by atoms with E-state index in [0.29, 0.717) is 11.1 Å². The van der Waals surface area contributed by atoms with Gasteiger partial charge in [-0.2, -0.15) is 0 Å². The normalized spacial score (nSPS) is 10.5. The number of rotatable bonds is 1. The molecule has 0 aliphatic rings. The molecule has 0 aliphatic heterocycles. The number of nitrogens with zero attached hydrogens (tertiary/aromatic N) is 1. The van der Waals surface area contributed by atoms with Gasteiger partial charge in [-0.3, -0.25) is 3.59 Å². The van der Waals surface area contributed by atoms with Crippen molar-refractivity contribution in [3.63, 3.8) is 0 Å². The minimum atomic E-state index is -0.912. The zero-order chi connectivity index (χ0) is 9.42. The number of fused-ring (bicyclic) bond motifs is 1. The van der Waals surface area contributed by atoms with Crippen molar-refractivity contribution in [2.75, 3.05) is 0 Å². The Balaban J connectivity index is 2.88. The van der Waals surface area contributed by atoms with E-state index in [4.69, 9.17) is 5.11 Å². The second-order valence-electron chi connectivity index (χ2n) is 2.68. The van der Waals surface area contributed by atoms with E-state index in [-0.39, 0.29) is 0 Å². The maximum atomic E-state index is 10.8. The third-order valence-corrected chi connectivity index (χ3v) is 2.49. The van der Waals surface area contributed by atoms with Crippen LogP contribution in [0.4, 0.5) is 0 Å². The Labute approximate surface area is 82.9 Å². The van der Waals surface area contributed by atoms with Gasteiger partial charge in [0.25, 0.3) is 0 Å². The van der Waals surface area contributed by atoms with E-state index < -0.39 is 5.97 Å². The minimum absolute atomic E-state index is 0.305. The molecule has 0 saturated carbocycles. The molecule has 13 heavy (non-hydrogen) atoms. The van der Waals surface area contributed by atoms with Crippen LogP contribution in [0.3, 0.4) is 0 Å². The summed E-state index contributed by atoms with van der Waals surface area (Å²) in [4.78, 5) is 10.8. The highest BCUT2D eigenvalue weighted by molar-refractivity contribution is 9.08. The van der Waals surface area contributed by atoms with E-state index >= 15 is 0 Å². The van der Waals surface area contributed by atoms with E-state index in [2.05, 4.69) is 16.1 Å². The maximum Gasteiger partial charge on any atom is 0.337 e. The predicted molar refractivity (Wildman–Crippen MR) is 53.2 cm³/mol. The van der Waals surface area contributed by atoms with Crippen LogP contribution in [0.5, 0.6) is 0 Å². The van der Waals surface area contributed by atoms with Gasteiger partial charge in [0.05, 0.1) is 27.2 Å². The molecule has 0 amide bonds.